The van der Waals surface area contributed by atoms with Gasteiger partial charge in [-0.2, -0.15) is 0 Å². The number of carbonyl (C=O) groups is 2. The second-order valence-corrected chi connectivity index (χ2v) is 4.92. The molecule has 1 N–H and O–H groups in total. The Morgan fingerprint density at radius 3 is 2.76 bits per heavy atom. The van der Waals surface area contributed by atoms with Gasteiger partial charge in [0.1, 0.15) is 6.29 Å². The molecule has 0 spiro atoms. The fourth-order valence-electron chi connectivity index (χ4n) is 1.57. The number of hydrogen-bond acceptors (Lipinski definition) is 5. The molecule has 21 heavy (non-hydrogen) atoms. The van der Waals surface area contributed by atoms with Crippen LogP contribution in [-0.2, 0) is 4.79 Å². The lowest BCUT2D eigenvalue weighted by Gasteiger charge is -2.09. The van der Waals surface area contributed by atoms with Crippen LogP contribution in [0.25, 0.3) is 0 Å². The molecular weight excluding hydrogens is 276 g/mol. The first-order valence-corrected chi connectivity index (χ1v) is 6.57. The summed E-state index contributed by atoms with van der Waals surface area (Å²) in [7, 11) is 0. The minimum atomic E-state index is -0.624. The molecule has 0 heterocycles. The first-order chi connectivity index (χ1) is 9.93. The second kappa shape index (κ2) is 7.98. The highest BCUT2D eigenvalue weighted by atomic mass is 16.6. The molecule has 0 aliphatic heterocycles. The molecule has 0 radical (unpaired) electrons. The molecule has 1 aromatic carbocycles. The summed E-state index contributed by atoms with van der Waals surface area (Å²) in [5.41, 5.74) is -0.0357. The summed E-state index contributed by atoms with van der Waals surface area (Å²) in [6.45, 7) is 4.27. The van der Waals surface area contributed by atoms with E-state index in [0.29, 0.717) is 18.7 Å². The van der Waals surface area contributed by atoms with Crippen LogP contribution in [0.3, 0.4) is 0 Å². The standard InChI is InChI=1S/C14H18N2O5/c1-10(2)5-6-15-14(18)9-21-13-7-11(8-17)3-4-12(13)16(19)20/h3-4,7-8,10H,5-6,9H2,1-2H3,(H,15,18). The zero-order valence-electron chi connectivity index (χ0n) is 12.0. The van der Waals surface area contributed by atoms with Gasteiger partial charge in [0.05, 0.1) is 4.92 Å². The van der Waals surface area contributed by atoms with E-state index in [1.54, 1.807) is 0 Å². The van der Waals surface area contributed by atoms with Crippen molar-refractivity contribution in [3.63, 3.8) is 0 Å². The maximum absolute atomic E-state index is 11.6. The van der Waals surface area contributed by atoms with Crippen LogP contribution in [0.5, 0.6) is 5.75 Å². The van der Waals surface area contributed by atoms with Gasteiger partial charge in [-0.05, 0) is 24.5 Å². The summed E-state index contributed by atoms with van der Waals surface area (Å²) in [6.07, 6.45) is 1.39. The topological polar surface area (TPSA) is 98.5 Å². The van der Waals surface area contributed by atoms with Crippen molar-refractivity contribution in [1.82, 2.24) is 5.32 Å². The van der Waals surface area contributed by atoms with Crippen LogP contribution in [0.1, 0.15) is 30.6 Å². The Labute approximate surface area is 122 Å². The van der Waals surface area contributed by atoms with Crippen molar-refractivity contribution in [3.05, 3.63) is 33.9 Å². The SMILES string of the molecule is CC(C)CCNC(=O)COc1cc(C=O)ccc1[N+](=O)[O-]. The van der Waals surface area contributed by atoms with Crippen molar-refractivity contribution in [2.75, 3.05) is 13.2 Å². The molecule has 0 unspecified atom stereocenters. The average Bonchev–Trinajstić information content (AvgIpc) is 2.44. The number of amides is 1. The summed E-state index contributed by atoms with van der Waals surface area (Å²) < 4.78 is 5.15. The van der Waals surface area contributed by atoms with Crippen molar-refractivity contribution in [3.8, 4) is 5.75 Å². The average molecular weight is 294 g/mol. The van der Waals surface area contributed by atoms with Gasteiger partial charge in [0.2, 0.25) is 0 Å². The molecule has 1 amide bonds. The molecule has 114 valence electrons. The highest BCUT2D eigenvalue weighted by Crippen LogP contribution is 2.27. The molecule has 0 atom stereocenters. The molecule has 1 rings (SSSR count). The molecular formula is C14H18N2O5. The molecule has 0 aliphatic carbocycles. The van der Waals surface area contributed by atoms with Gasteiger partial charge in [0.25, 0.3) is 5.91 Å². The van der Waals surface area contributed by atoms with Gasteiger partial charge in [-0.3, -0.25) is 19.7 Å². The highest BCUT2D eigenvalue weighted by Gasteiger charge is 2.16. The third-order valence-corrected chi connectivity index (χ3v) is 2.72. The first kappa shape index (κ1) is 16.6. The van der Waals surface area contributed by atoms with Crippen molar-refractivity contribution in [1.29, 1.82) is 0 Å². The van der Waals surface area contributed by atoms with Gasteiger partial charge < -0.3 is 10.1 Å². The molecule has 0 aromatic heterocycles. The summed E-state index contributed by atoms with van der Waals surface area (Å²) in [5, 5.41) is 13.5. The Kier molecular flexibility index (Phi) is 6.32. The first-order valence-electron chi connectivity index (χ1n) is 6.57. The second-order valence-electron chi connectivity index (χ2n) is 4.92. The summed E-state index contributed by atoms with van der Waals surface area (Å²) >= 11 is 0. The van der Waals surface area contributed by atoms with Gasteiger partial charge in [-0.1, -0.05) is 13.8 Å². The van der Waals surface area contributed by atoms with Crippen LogP contribution in [0.2, 0.25) is 0 Å². The number of carbonyl (C=O) groups excluding carboxylic acids is 2. The Hall–Kier alpha value is -2.44. The molecule has 0 fully saturated rings. The van der Waals surface area contributed by atoms with E-state index >= 15 is 0 Å². The molecule has 7 nitrogen and oxygen atoms in total. The van der Waals surface area contributed by atoms with Crippen molar-refractivity contribution in [2.45, 2.75) is 20.3 Å². The quantitative estimate of drug-likeness (QED) is 0.449. The molecule has 7 heteroatoms. The van der Waals surface area contributed by atoms with Crippen molar-refractivity contribution < 1.29 is 19.2 Å². The predicted octanol–water partition coefficient (Wildman–Crippen LogP) is 1.95. The largest absolute Gasteiger partial charge is 0.477 e. The minimum absolute atomic E-state index is 0.0939. The number of nitrogens with one attached hydrogen (secondary N) is 1. The minimum Gasteiger partial charge on any atom is -0.477 e. The van der Waals surface area contributed by atoms with Gasteiger partial charge in [-0.25, -0.2) is 0 Å². The Balaban J connectivity index is 2.63. The van der Waals surface area contributed by atoms with Crippen LogP contribution < -0.4 is 10.1 Å². The lowest BCUT2D eigenvalue weighted by Crippen LogP contribution is -2.30. The van der Waals surface area contributed by atoms with E-state index in [4.69, 9.17) is 4.74 Å². The Morgan fingerprint density at radius 1 is 1.48 bits per heavy atom. The van der Waals surface area contributed by atoms with Crippen molar-refractivity contribution in [2.24, 2.45) is 5.92 Å². The zero-order chi connectivity index (χ0) is 15.8. The maximum Gasteiger partial charge on any atom is 0.310 e. The Bertz CT molecular complexity index is 528. The molecule has 0 saturated carbocycles. The van der Waals surface area contributed by atoms with Gasteiger partial charge >= 0.3 is 5.69 Å². The van der Waals surface area contributed by atoms with E-state index < -0.39 is 4.92 Å². The van der Waals surface area contributed by atoms with E-state index in [-0.39, 0.29) is 29.5 Å². The maximum atomic E-state index is 11.6. The molecule has 0 bridgehead atoms. The number of nitro groups is 1. The lowest BCUT2D eigenvalue weighted by atomic mass is 10.1. The van der Waals surface area contributed by atoms with E-state index in [1.165, 1.54) is 18.2 Å². The van der Waals surface area contributed by atoms with E-state index in [9.17, 15) is 19.7 Å². The molecule has 0 aliphatic rings. The number of benzene rings is 1. The highest BCUT2D eigenvalue weighted by molar-refractivity contribution is 5.79. The number of aldehydes is 1. The molecule has 0 saturated heterocycles. The zero-order valence-corrected chi connectivity index (χ0v) is 12.0. The normalized spacial score (nSPS) is 10.2. The fraction of sp³-hybridized carbons (Fsp3) is 0.429. The van der Waals surface area contributed by atoms with Crippen LogP contribution in [0.15, 0.2) is 18.2 Å². The van der Waals surface area contributed by atoms with Crippen LogP contribution in [0, 0.1) is 16.0 Å². The summed E-state index contributed by atoms with van der Waals surface area (Å²) in [6, 6.07) is 3.74. The lowest BCUT2D eigenvalue weighted by molar-refractivity contribution is -0.385. The number of nitrogens with zero attached hydrogens (tertiary/aromatic N) is 1. The van der Waals surface area contributed by atoms with Gasteiger partial charge in [0, 0.05) is 18.2 Å². The number of rotatable bonds is 8. The van der Waals surface area contributed by atoms with Crippen molar-refractivity contribution >= 4 is 17.9 Å². The summed E-state index contributed by atoms with van der Waals surface area (Å²) in [5.74, 6) is 0.0154. The van der Waals surface area contributed by atoms with Crippen LogP contribution in [0.4, 0.5) is 5.69 Å². The van der Waals surface area contributed by atoms with Crippen LogP contribution in [-0.4, -0.2) is 30.3 Å². The number of ether oxygens (including phenoxy) is 1. The smallest absolute Gasteiger partial charge is 0.310 e. The fourth-order valence-corrected chi connectivity index (χ4v) is 1.57. The summed E-state index contributed by atoms with van der Waals surface area (Å²) in [4.78, 5) is 32.5. The third kappa shape index (κ3) is 5.60. The van der Waals surface area contributed by atoms with Gasteiger partial charge in [-0.15, -0.1) is 0 Å². The third-order valence-electron chi connectivity index (χ3n) is 2.72. The predicted molar refractivity (Wildman–Crippen MR) is 76.4 cm³/mol. The number of hydrogen-bond donors (Lipinski definition) is 1. The Morgan fingerprint density at radius 2 is 2.19 bits per heavy atom. The van der Waals surface area contributed by atoms with Gasteiger partial charge in [0.15, 0.2) is 12.4 Å². The van der Waals surface area contributed by atoms with E-state index in [2.05, 4.69) is 5.32 Å². The van der Waals surface area contributed by atoms with Crippen LogP contribution >= 0.6 is 0 Å². The van der Waals surface area contributed by atoms with E-state index in [1.807, 2.05) is 13.8 Å². The monoisotopic (exact) mass is 294 g/mol. The molecule has 1 aromatic rings. The van der Waals surface area contributed by atoms with E-state index in [0.717, 1.165) is 6.42 Å². The number of nitro benzene ring substituents is 1.